The van der Waals surface area contributed by atoms with Gasteiger partial charge in [0.2, 0.25) is 0 Å². The van der Waals surface area contributed by atoms with Crippen LogP contribution in [0.2, 0.25) is 0 Å². The number of rotatable bonds is 22. The second kappa shape index (κ2) is 20.1. The predicted octanol–water partition coefficient (Wildman–Crippen LogP) is 8.66. The Morgan fingerprint density at radius 3 is 1.07 bits per heavy atom. The Kier molecular flexibility index (Phi) is 16.8. The van der Waals surface area contributed by atoms with Crippen molar-refractivity contribution in [3.63, 3.8) is 0 Å². The van der Waals surface area contributed by atoms with Gasteiger partial charge in [-0.25, -0.2) is 0 Å². The van der Waals surface area contributed by atoms with Gasteiger partial charge in [-0.2, -0.15) is 0 Å². The highest BCUT2D eigenvalue weighted by atomic mass is 16.5. The molecule has 2 saturated heterocycles. The summed E-state index contributed by atoms with van der Waals surface area (Å²) < 4.78 is 14.1. The van der Waals surface area contributed by atoms with Crippen molar-refractivity contribution < 1.29 is 18.4 Å². The molecule has 0 unspecified atom stereocenters. The number of ether oxygens (including phenoxy) is 2. The molecule has 4 heteroatoms. The SMILES string of the molecule is CCCCCCCCCC[N+]1(Cc2ccc(C[N+]3(CCCCCCCCCC)CCOCC3)cc2)CCOCC1. The molecular weight excluding hydrogens is 492 g/mol. The van der Waals surface area contributed by atoms with E-state index in [9.17, 15) is 0 Å². The summed E-state index contributed by atoms with van der Waals surface area (Å²) in [5.74, 6) is 0. The number of unbranched alkanes of at least 4 members (excludes halogenated alkanes) is 14. The number of quaternary nitrogens is 2. The largest absolute Gasteiger partial charge is 0.370 e. The number of hydrogen-bond acceptors (Lipinski definition) is 2. The molecule has 40 heavy (non-hydrogen) atoms. The lowest BCUT2D eigenvalue weighted by Gasteiger charge is -2.42. The van der Waals surface area contributed by atoms with Gasteiger partial charge in [-0.15, -0.1) is 0 Å². The standard InChI is InChI=1S/C36H66N2O2/c1-3-5-7-9-11-13-15-17-23-37(25-29-39-30-26-37)33-35-19-21-36(22-20-35)34-38(27-31-40-32-28-38)24-18-16-14-12-10-8-6-4-2/h19-22H,3-18,23-34H2,1-2H3/q+2. The predicted molar refractivity (Wildman–Crippen MR) is 170 cm³/mol. The van der Waals surface area contributed by atoms with Crippen LogP contribution in [0.15, 0.2) is 24.3 Å². The third kappa shape index (κ3) is 12.9. The van der Waals surface area contributed by atoms with Gasteiger partial charge in [0.05, 0.1) is 39.5 Å². The van der Waals surface area contributed by atoms with E-state index in [2.05, 4.69) is 38.1 Å². The fourth-order valence-corrected chi connectivity index (χ4v) is 7.07. The molecule has 0 bridgehead atoms. The molecule has 2 aliphatic heterocycles. The molecule has 0 aliphatic carbocycles. The maximum absolute atomic E-state index is 5.80. The lowest BCUT2D eigenvalue weighted by Crippen LogP contribution is -2.55. The van der Waals surface area contributed by atoms with Gasteiger partial charge in [-0.3, -0.25) is 0 Å². The van der Waals surface area contributed by atoms with E-state index in [4.69, 9.17) is 9.47 Å². The summed E-state index contributed by atoms with van der Waals surface area (Å²) in [5.41, 5.74) is 3.03. The second-order valence-electron chi connectivity index (χ2n) is 13.3. The van der Waals surface area contributed by atoms with E-state index in [1.807, 2.05) is 0 Å². The van der Waals surface area contributed by atoms with Crippen LogP contribution in [-0.4, -0.2) is 74.7 Å². The minimum Gasteiger partial charge on any atom is -0.370 e. The van der Waals surface area contributed by atoms with Crippen molar-refractivity contribution in [3.8, 4) is 0 Å². The number of morpholine rings is 2. The van der Waals surface area contributed by atoms with Crippen LogP contribution in [0.3, 0.4) is 0 Å². The van der Waals surface area contributed by atoms with Crippen molar-refractivity contribution >= 4 is 0 Å². The Morgan fingerprint density at radius 2 is 0.750 bits per heavy atom. The Labute approximate surface area is 249 Å². The summed E-state index contributed by atoms with van der Waals surface area (Å²) in [4.78, 5) is 0. The highest BCUT2D eigenvalue weighted by molar-refractivity contribution is 5.21. The van der Waals surface area contributed by atoms with Crippen molar-refractivity contribution in [2.45, 2.75) is 130 Å². The Bertz CT molecular complexity index is 675. The zero-order chi connectivity index (χ0) is 28.2. The first-order valence-corrected chi connectivity index (χ1v) is 17.6. The van der Waals surface area contributed by atoms with Crippen LogP contribution < -0.4 is 0 Å². The van der Waals surface area contributed by atoms with Gasteiger partial charge in [0.1, 0.15) is 39.3 Å². The molecule has 0 aromatic heterocycles. The Morgan fingerprint density at radius 1 is 0.450 bits per heavy atom. The zero-order valence-corrected chi connectivity index (χ0v) is 26.8. The summed E-state index contributed by atoms with van der Waals surface area (Å²) in [5, 5.41) is 0. The van der Waals surface area contributed by atoms with Gasteiger partial charge in [-0.1, -0.05) is 115 Å². The lowest BCUT2D eigenvalue weighted by molar-refractivity contribution is -0.948. The van der Waals surface area contributed by atoms with Crippen LogP contribution in [-0.2, 0) is 22.6 Å². The number of hydrogen-bond donors (Lipinski definition) is 0. The van der Waals surface area contributed by atoms with E-state index in [-0.39, 0.29) is 0 Å². The molecule has 0 amide bonds. The summed E-state index contributed by atoms with van der Waals surface area (Å²) in [7, 11) is 0. The fraction of sp³-hybridized carbons (Fsp3) is 0.833. The van der Waals surface area contributed by atoms with E-state index in [0.29, 0.717) is 0 Å². The molecule has 3 rings (SSSR count). The molecule has 0 atom stereocenters. The molecule has 1 aromatic rings. The molecule has 0 N–H and O–H groups in total. The smallest absolute Gasteiger partial charge is 0.104 e. The van der Waals surface area contributed by atoms with Gasteiger partial charge in [0.25, 0.3) is 0 Å². The number of benzene rings is 1. The minimum atomic E-state index is 0.927. The van der Waals surface area contributed by atoms with Gasteiger partial charge in [-0.05, 0) is 25.7 Å². The van der Waals surface area contributed by atoms with E-state index >= 15 is 0 Å². The third-order valence-corrected chi connectivity index (χ3v) is 9.87. The molecule has 0 saturated carbocycles. The van der Waals surface area contributed by atoms with Crippen molar-refractivity contribution in [1.29, 1.82) is 0 Å². The maximum atomic E-state index is 5.80. The van der Waals surface area contributed by atoms with Crippen LogP contribution in [0.5, 0.6) is 0 Å². The molecule has 230 valence electrons. The van der Waals surface area contributed by atoms with Gasteiger partial charge < -0.3 is 18.4 Å². The van der Waals surface area contributed by atoms with Crippen LogP contribution in [0.25, 0.3) is 0 Å². The normalized spacial score (nSPS) is 18.6. The Balaban J connectivity index is 1.46. The first kappa shape index (κ1) is 33.6. The fourth-order valence-electron chi connectivity index (χ4n) is 7.07. The van der Waals surface area contributed by atoms with E-state index in [0.717, 1.165) is 26.4 Å². The zero-order valence-electron chi connectivity index (χ0n) is 26.8. The summed E-state index contributed by atoms with van der Waals surface area (Å²) >= 11 is 0. The average Bonchev–Trinajstić information content (AvgIpc) is 2.98. The van der Waals surface area contributed by atoms with Crippen molar-refractivity contribution in [1.82, 2.24) is 0 Å². The van der Waals surface area contributed by atoms with Crippen LogP contribution in [0.4, 0.5) is 0 Å². The highest BCUT2D eigenvalue weighted by Crippen LogP contribution is 2.23. The molecular formula is C36H66N2O2+2. The minimum absolute atomic E-state index is 0.927. The molecule has 0 radical (unpaired) electrons. The molecule has 2 fully saturated rings. The quantitative estimate of drug-likeness (QED) is 0.105. The molecule has 1 aromatic carbocycles. The first-order chi connectivity index (χ1) is 19.7. The molecule has 2 aliphatic rings. The van der Waals surface area contributed by atoms with Gasteiger partial charge >= 0.3 is 0 Å². The van der Waals surface area contributed by atoms with Crippen LogP contribution >= 0.6 is 0 Å². The van der Waals surface area contributed by atoms with E-state index in [1.165, 1.54) is 175 Å². The molecule has 4 nitrogen and oxygen atoms in total. The topological polar surface area (TPSA) is 18.5 Å². The van der Waals surface area contributed by atoms with Gasteiger partial charge in [0, 0.05) is 11.1 Å². The maximum Gasteiger partial charge on any atom is 0.104 e. The van der Waals surface area contributed by atoms with Crippen molar-refractivity contribution in [3.05, 3.63) is 35.4 Å². The summed E-state index contributed by atoms with van der Waals surface area (Å²) in [6, 6.07) is 9.80. The average molecular weight is 559 g/mol. The monoisotopic (exact) mass is 559 g/mol. The van der Waals surface area contributed by atoms with Crippen LogP contribution in [0.1, 0.15) is 128 Å². The van der Waals surface area contributed by atoms with E-state index < -0.39 is 0 Å². The Hall–Kier alpha value is -0.940. The highest BCUT2D eigenvalue weighted by Gasteiger charge is 2.32. The van der Waals surface area contributed by atoms with E-state index in [1.54, 1.807) is 0 Å². The third-order valence-electron chi connectivity index (χ3n) is 9.87. The van der Waals surface area contributed by atoms with Crippen molar-refractivity contribution in [2.24, 2.45) is 0 Å². The summed E-state index contributed by atoms with van der Waals surface area (Å²) in [6.45, 7) is 18.0. The molecule has 2 heterocycles. The lowest BCUT2D eigenvalue weighted by atomic mass is 10.0. The van der Waals surface area contributed by atoms with Crippen LogP contribution in [0, 0.1) is 0 Å². The van der Waals surface area contributed by atoms with Crippen molar-refractivity contribution in [2.75, 3.05) is 65.7 Å². The molecule has 0 spiro atoms. The number of nitrogens with zero attached hydrogens (tertiary/aromatic N) is 2. The second-order valence-corrected chi connectivity index (χ2v) is 13.3. The summed E-state index contributed by atoms with van der Waals surface area (Å²) in [6.07, 6.45) is 22.4. The first-order valence-electron chi connectivity index (χ1n) is 17.6. The van der Waals surface area contributed by atoms with Gasteiger partial charge in [0.15, 0.2) is 0 Å².